The van der Waals surface area contributed by atoms with Crippen molar-refractivity contribution in [2.24, 2.45) is 5.73 Å². The van der Waals surface area contributed by atoms with Crippen molar-refractivity contribution in [3.05, 3.63) is 16.4 Å². The second-order valence-corrected chi connectivity index (χ2v) is 2.54. The van der Waals surface area contributed by atoms with Crippen LogP contribution in [0.1, 0.15) is 5.56 Å². The number of hydrogen-bond acceptors (Lipinski definition) is 2. The summed E-state index contributed by atoms with van der Waals surface area (Å²) in [6.45, 7) is 0.665. The molecule has 1 aromatic rings. The minimum atomic E-state index is 0.665. The van der Waals surface area contributed by atoms with Gasteiger partial charge in [-0.1, -0.05) is 0 Å². The van der Waals surface area contributed by atoms with Gasteiger partial charge in [0.1, 0.15) is 4.60 Å². The third kappa shape index (κ3) is 1.53. The third-order valence-electron chi connectivity index (χ3n) is 1.08. The predicted octanol–water partition coefficient (Wildman–Crippen LogP) is 0.673. The number of nitrogens with zero attached hydrogens (tertiary/aromatic N) is 1. The van der Waals surface area contributed by atoms with E-state index in [2.05, 4.69) is 26.1 Å². The number of H-pyrrole nitrogens is 1. The Bertz CT molecular complexity index is 184. The molecule has 3 nitrogen and oxygen atoms in total. The molecule has 1 rings (SSSR count). The van der Waals surface area contributed by atoms with E-state index in [1.54, 1.807) is 6.20 Å². The average molecular weight is 190 g/mol. The average Bonchev–Trinajstić information content (AvgIpc) is 2.18. The van der Waals surface area contributed by atoms with Gasteiger partial charge in [-0.15, -0.1) is 0 Å². The Morgan fingerprint density at radius 1 is 1.78 bits per heavy atom. The number of hydrogen-bond donors (Lipinski definition) is 2. The Balaban J connectivity index is 2.69. The van der Waals surface area contributed by atoms with E-state index >= 15 is 0 Å². The Kier molecular flexibility index (Phi) is 2.24. The largest absolute Gasteiger partial charge is 0.330 e. The molecule has 1 heterocycles. The maximum atomic E-state index is 5.33. The third-order valence-corrected chi connectivity index (χ3v) is 1.77. The molecule has 0 fully saturated rings. The number of nitrogens with one attached hydrogen (secondary N) is 1. The first kappa shape index (κ1) is 6.77. The van der Waals surface area contributed by atoms with Crippen LogP contribution >= 0.6 is 15.9 Å². The topological polar surface area (TPSA) is 54.7 Å². The van der Waals surface area contributed by atoms with Gasteiger partial charge in [-0.2, -0.15) is 5.10 Å². The molecule has 50 valence electrons. The van der Waals surface area contributed by atoms with Crippen molar-refractivity contribution < 1.29 is 0 Å². The SMILES string of the molecule is NCCc1cn[nH]c1Br. The van der Waals surface area contributed by atoms with Crippen LogP contribution in [0.15, 0.2) is 10.8 Å². The zero-order valence-electron chi connectivity index (χ0n) is 4.89. The van der Waals surface area contributed by atoms with Crippen molar-refractivity contribution >= 4 is 15.9 Å². The van der Waals surface area contributed by atoms with Gasteiger partial charge in [0, 0.05) is 5.56 Å². The number of aromatic nitrogens is 2. The molecule has 0 aliphatic carbocycles. The van der Waals surface area contributed by atoms with Crippen LogP contribution in [-0.4, -0.2) is 16.7 Å². The first-order chi connectivity index (χ1) is 4.34. The normalized spacial score (nSPS) is 10.0. The highest BCUT2D eigenvalue weighted by molar-refractivity contribution is 9.10. The maximum Gasteiger partial charge on any atom is 0.104 e. The smallest absolute Gasteiger partial charge is 0.104 e. The number of halogens is 1. The van der Waals surface area contributed by atoms with Crippen LogP contribution in [0.4, 0.5) is 0 Å². The summed E-state index contributed by atoms with van der Waals surface area (Å²) in [5.74, 6) is 0. The maximum absolute atomic E-state index is 5.33. The van der Waals surface area contributed by atoms with Crippen LogP contribution in [0.2, 0.25) is 0 Å². The molecule has 0 radical (unpaired) electrons. The summed E-state index contributed by atoms with van der Waals surface area (Å²) in [4.78, 5) is 0. The molecule has 0 aliphatic heterocycles. The van der Waals surface area contributed by atoms with Crippen molar-refractivity contribution in [3.8, 4) is 0 Å². The lowest BCUT2D eigenvalue weighted by atomic mass is 10.3. The molecule has 0 unspecified atom stereocenters. The second kappa shape index (κ2) is 2.98. The summed E-state index contributed by atoms with van der Waals surface area (Å²) >= 11 is 3.29. The summed E-state index contributed by atoms with van der Waals surface area (Å²) in [5, 5.41) is 6.58. The number of nitrogens with two attached hydrogens (primary N) is 1. The predicted molar refractivity (Wildman–Crippen MR) is 39.0 cm³/mol. The van der Waals surface area contributed by atoms with E-state index < -0.39 is 0 Å². The van der Waals surface area contributed by atoms with Gasteiger partial charge < -0.3 is 5.73 Å². The molecular weight excluding hydrogens is 182 g/mol. The van der Waals surface area contributed by atoms with Crippen molar-refractivity contribution in [2.45, 2.75) is 6.42 Å². The van der Waals surface area contributed by atoms with E-state index in [1.165, 1.54) is 0 Å². The molecule has 1 aromatic heterocycles. The standard InChI is InChI=1S/C5H8BrN3/c6-5-4(1-2-7)3-8-9-5/h3H,1-2,7H2,(H,8,9). The monoisotopic (exact) mass is 189 g/mol. The van der Waals surface area contributed by atoms with E-state index in [0.29, 0.717) is 6.54 Å². The fourth-order valence-corrected chi connectivity index (χ4v) is 1.03. The van der Waals surface area contributed by atoms with Crippen LogP contribution in [0.5, 0.6) is 0 Å². The van der Waals surface area contributed by atoms with Crippen LogP contribution < -0.4 is 5.73 Å². The van der Waals surface area contributed by atoms with Gasteiger partial charge in [-0.05, 0) is 28.9 Å². The molecule has 0 saturated heterocycles. The number of aromatic amines is 1. The Hall–Kier alpha value is -0.350. The van der Waals surface area contributed by atoms with Crippen molar-refractivity contribution in [3.63, 3.8) is 0 Å². The molecule has 0 spiro atoms. The highest BCUT2D eigenvalue weighted by Crippen LogP contribution is 2.11. The summed E-state index contributed by atoms with van der Waals surface area (Å²) in [6, 6.07) is 0. The zero-order valence-corrected chi connectivity index (χ0v) is 6.48. The van der Waals surface area contributed by atoms with Crippen molar-refractivity contribution in [1.82, 2.24) is 10.2 Å². The lowest BCUT2D eigenvalue weighted by molar-refractivity contribution is 0.964. The fraction of sp³-hybridized carbons (Fsp3) is 0.400. The molecule has 0 atom stereocenters. The van der Waals surface area contributed by atoms with Crippen LogP contribution in [0.25, 0.3) is 0 Å². The van der Waals surface area contributed by atoms with Gasteiger partial charge in [0.15, 0.2) is 0 Å². The number of rotatable bonds is 2. The van der Waals surface area contributed by atoms with Gasteiger partial charge in [-0.3, -0.25) is 5.10 Å². The van der Waals surface area contributed by atoms with Crippen LogP contribution in [0.3, 0.4) is 0 Å². The highest BCUT2D eigenvalue weighted by Gasteiger charge is 1.97. The van der Waals surface area contributed by atoms with Gasteiger partial charge in [0.25, 0.3) is 0 Å². The first-order valence-electron chi connectivity index (χ1n) is 2.72. The molecule has 0 bridgehead atoms. The van der Waals surface area contributed by atoms with Gasteiger partial charge in [0.05, 0.1) is 6.20 Å². The van der Waals surface area contributed by atoms with E-state index in [9.17, 15) is 0 Å². The van der Waals surface area contributed by atoms with Crippen molar-refractivity contribution in [1.29, 1.82) is 0 Å². The van der Waals surface area contributed by atoms with Gasteiger partial charge in [-0.25, -0.2) is 0 Å². The summed E-state index contributed by atoms with van der Waals surface area (Å²) < 4.78 is 0.938. The second-order valence-electron chi connectivity index (χ2n) is 1.75. The molecular formula is C5H8BrN3. The van der Waals surface area contributed by atoms with Crippen LogP contribution in [-0.2, 0) is 6.42 Å². The van der Waals surface area contributed by atoms with Crippen molar-refractivity contribution in [2.75, 3.05) is 6.54 Å². The molecule has 0 amide bonds. The molecule has 0 aromatic carbocycles. The molecule has 4 heteroatoms. The van der Waals surface area contributed by atoms with E-state index in [1.807, 2.05) is 0 Å². The lowest BCUT2D eigenvalue weighted by Crippen LogP contribution is -2.01. The molecule has 3 N–H and O–H groups in total. The van der Waals surface area contributed by atoms with Gasteiger partial charge in [0.2, 0.25) is 0 Å². The van der Waals surface area contributed by atoms with E-state index in [4.69, 9.17) is 5.73 Å². The molecule has 9 heavy (non-hydrogen) atoms. The summed E-state index contributed by atoms with van der Waals surface area (Å²) in [6.07, 6.45) is 2.65. The van der Waals surface area contributed by atoms with E-state index in [-0.39, 0.29) is 0 Å². The molecule has 0 saturated carbocycles. The fourth-order valence-electron chi connectivity index (χ4n) is 0.625. The zero-order chi connectivity index (χ0) is 6.69. The van der Waals surface area contributed by atoms with Crippen LogP contribution in [0, 0.1) is 0 Å². The lowest BCUT2D eigenvalue weighted by Gasteiger charge is -1.89. The first-order valence-corrected chi connectivity index (χ1v) is 3.51. The Labute approximate surface area is 61.8 Å². The Morgan fingerprint density at radius 2 is 2.56 bits per heavy atom. The summed E-state index contributed by atoms with van der Waals surface area (Å²) in [5.41, 5.74) is 6.46. The van der Waals surface area contributed by atoms with Gasteiger partial charge >= 0.3 is 0 Å². The minimum Gasteiger partial charge on any atom is -0.330 e. The Morgan fingerprint density at radius 3 is 3.00 bits per heavy atom. The molecule has 0 aliphatic rings. The minimum absolute atomic E-state index is 0.665. The summed E-state index contributed by atoms with van der Waals surface area (Å²) in [7, 11) is 0. The quantitative estimate of drug-likeness (QED) is 0.720. The van der Waals surface area contributed by atoms with E-state index in [0.717, 1.165) is 16.6 Å². The highest BCUT2D eigenvalue weighted by atomic mass is 79.9.